The van der Waals surface area contributed by atoms with Gasteiger partial charge < -0.3 is 15.2 Å². The van der Waals surface area contributed by atoms with Gasteiger partial charge in [0.25, 0.3) is 5.91 Å². The Labute approximate surface area is 217 Å². The second kappa shape index (κ2) is 12.5. The quantitative estimate of drug-likeness (QED) is 0.260. The number of nitrogens with one attached hydrogen (secondary N) is 2. The number of rotatable bonds is 11. The van der Waals surface area contributed by atoms with Crippen LogP contribution in [0.15, 0.2) is 60.3 Å². The fraction of sp³-hybridized carbons (Fsp3) is 0.357. The zero-order valence-electron chi connectivity index (χ0n) is 21.7. The minimum absolute atomic E-state index is 0.110. The van der Waals surface area contributed by atoms with Crippen LogP contribution in [-0.4, -0.2) is 32.3 Å². The summed E-state index contributed by atoms with van der Waals surface area (Å²) in [5, 5.41) is 15.6. The molecule has 0 bridgehead atoms. The SMILES string of the molecule is C=CCn1c(SCC(=O)Nc2c(C)cc(C)cc2C)nnc1C(CC(C)C)NC(=O)c1ccccc1. The van der Waals surface area contributed by atoms with Gasteiger partial charge in [0, 0.05) is 17.8 Å². The Kier molecular flexibility index (Phi) is 9.47. The van der Waals surface area contributed by atoms with Crippen LogP contribution >= 0.6 is 11.8 Å². The molecular weight excluding hydrogens is 470 g/mol. The normalized spacial score (nSPS) is 11.8. The molecule has 8 heteroatoms. The van der Waals surface area contributed by atoms with Crippen molar-refractivity contribution in [2.24, 2.45) is 5.92 Å². The summed E-state index contributed by atoms with van der Waals surface area (Å²) in [5.74, 6) is 0.893. The molecule has 2 aromatic carbocycles. The monoisotopic (exact) mass is 505 g/mol. The van der Waals surface area contributed by atoms with E-state index in [1.54, 1.807) is 18.2 Å². The molecular formula is C28H35N5O2S. The molecule has 0 aliphatic rings. The highest BCUT2D eigenvalue weighted by Crippen LogP contribution is 2.26. The molecule has 0 saturated carbocycles. The largest absolute Gasteiger partial charge is 0.342 e. The Bertz CT molecular complexity index is 1200. The van der Waals surface area contributed by atoms with Gasteiger partial charge in [-0.25, -0.2) is 0 Å². The fourth-order valence-corrected chi connectivity index (χ4v) is 4.93. The third kappa shape index (κ3) is 7.07. The first-order valence-corrected chi connectivity index (χ1v) is 13.1. The Morgan fingerprint density at radius 3 is 2.36 bits per heavy atom. The number of carbonyl (C=O) groups excluding carboxylic acids is 2. The number of thioether (sulfide) groups is 1. The van der Waals surface area contributed by atoms with Crippen LogP contribution in [0.3, 0.4) is 0 Å². The highest BCUT2D eigenvalue weighted by atomic mass is 32.2. The number of aryl methyl sites for hydroxylation is 3. The Morgan fingerprint density at radius 2 is 1.75 bits per heavy atom. The molecule has 190 valence electrons. The van der Waals surface area contributed by atoms with Gasteiger partial charge in [-0.3, -0.25) is 9.59 Å². The zero-order chi connectivity index (χ0) is 26.2. The van der Waals surface area contributed by atoms with Gasteiger partial charge in [-0.1, -0.05) is 67.6 Å². The summed E-state index contributed by atoms with van der Waals surface area (Å²) in [6.45, 7) is 14.6. The second-order valence-corrected chi connectivity index (χ2v) is 10.3. The molecule has 0 spiro atoms. The van der Waals surface area contributed by atoms with Gasteiger partial charge >= 0.3 is 0 Å². The van der Waals surface area contributed by atoms with Crippen molar-refractivity contribution in [3.05, 3.63) is 83.2 Å². The predicted molar refractivity (Wildman–Crippen MR) is 146 cm³/mol. The predicted octanol–water partition coefficient (Wildman–Crippen LogP) is 5.64. The number of aromatic nitrogens is 3. The molecule has 3 aromatic rings. The molecule has 0 aliphatic heterocycles. The van der Waals surface area contributed by atoms with E-state index in [9.17, 15) is 9.59 Å². The van der Waals surface area contributed by atoms with Crippen LogP contribution in [0.25, 0.3) is 0 Å². The molecule has 1 atom stereocenters. The van der Waals surface area contributed by atoms with Crippen LogP contribution in [0.5, 0.6) is 0 Å². The summed E-state index contributed by atoms with van der Waals surface area (Å²) in [4.78, 5) is 25.7. The lowest BCUT2D eigenvalue weighted by Gasteiger charge is -2.21. The lowest BCUT2D eigenvalue weighted by molar-refractivity contribution is -0.113. The average molecular weight is 506 g/mol. The van der Waals surface area contributed by atoms with Crippen LogP contribution < -0.4 is 10.6 Å². The van der Waals surface area contributed by atoms with E-state index in [1.807, 2.05) is 43.5 Å². The Morgan fingerprint density at radius 1 is 1.08 bits per heavy atom. The van der Waals surface area contributed by atoms with Crippen LogP contribution in [0.1, 0.15) is 59.2 Å². The van der Waals surface area contributed by atoms with E-state index in [1.165, 1.54) is 11.8 Å². The van der Waals surface area contributed by atoms with Gasteiger partial charge in [0.15, 0.2) is 11.0 Å². The van der Waals surface area contributed by atoms with E-state index in [-0.39, 0.29) is 23.6 Å². The van der Waals surface area contributed by atoms with Crippen LogP contribution in [-0.2, 0) is 11.3 Å². The van der Waals surface area contributed by atoms with Crippen molar-refractivity contribution in [2.45, 2.75) is 58.8 Å². The first-order chi connectivity index (χ1) is 17.2. The molecule has 0 fully saturated rings. The van der Waals surface area contributed by atoms with Gasteiger partial charge in [-0.05, 0) is 56.4 Å². The first kappa shape index (κ1) is 27.2. The summed E-state index contributed by atoms with van der Waals surface area (Å²) in [6, 6.07) is 12.9. The van der Waals surface area contributed by atoms with Gasteiger partial charge in [0.05, 0.1) is 11.8 Å². The summed E-state index contributed by atoms with van der Waals surface area (Å²) in [5.41, 5.74) is 4.68. The van der Waals surface area contributed by atoms with Gasteiger partial charge in [0.1, 0.15) is 0 Å². The van der Waals surface area contributed by atoms with Crippen LogP contribution in [0.2, 0.25) is 0 Å². The van der Waals surface area contributed by atoms with Crippen LogP contribution in [0, 0.1) is 26.7 Å². The number of hydrogen-bond donors (Lipinski definition) is 2. The molecule has 0 radical (unpaired) electrons. The highest BCUT2D eigenvalue weighted by molar-refractivity contribution is 7.99. The maximum Gasteiger partial charge on any atom is 0.251 e. The topological polar surface area (TPSA) is 88.9 Å². The zero-order valence-corrected chi connectivity index (χ0v) is 22.5. The molecule has 1 heterocycles. The molecule has 1 unspecified atom stereocenters. The van der Waals surface area contributed by atoms with Crippen molar-refractivity contribution < 1.29 is 9.59 Å². The lowest BCUT2D eigenvalue weighted by Crippen LogP contribution is -2.31. The van der Waals surface area contributed by atoms with Crippen molar-refractivity contribution in [3.63, 3.8) is 0 Å². The van der Waals surface area contributed by atoms with Crippen LogP contribution in [0.4, 0.5) is 5.69 Å². The number of amides is 2. The number of benzene rings is 2. The summed E-state index contributed by atoms with van der Waals surface area (Å²) < 4.78 is 1.92. The maximum absolute atomic E-state index is 12.9. The minimum atomic E-state index is -0.328. The van der Waals surface area contributed by atoms with E-state index in [2.05, 4.69) is 53.4 Å². The number of hydrogen-bond acceptors (Lipinski definition) is 5. The molecule has 7 nitrogen and oxygen atoms in total. The van der Waals surface area contributed by atoms with Crippen molar-refractivity contribution in [3.8, 4) is 0 Å². The summed E-state index contributed by atoms with van der Waals surface area (Å²) in [7, 11) is 0. The molecule has 0 saturated heterocycles. The highest BCUT2D eigenvalue weighted by Gasteiger charge is 2.25. The minimum Gasteiger partial charge on any atom is -0.342 e. The van der Waals surface area contributed by atoms with E-state index in [0.717, 1.165) is 22.4 Å². The molecule has 2 amide bonds. The van der Waals surface area contributed by atoms with Crippen molar-refractivity contribution in [2.75, 3.05) is 11.1 Å². The standard InChI is InChI=1S/C28H35N5O2S/c1-7-13-33-26(23(14-18(2)3)29-27(35)22-11-9-8-10-12-22)31-32-28(33)36-17-24(34)30-25-20(5)15-19(4)16-21(25)6/h7-12,15-16,18,23H,1,13-14,17H2,2-6H3,(H,29,35)(H,30,34). The number of nitrogens with zero attached hydrogens (tertiary/aromatic N) is 3. The Balaban J connectivity index is 1.77. The molecule has 0 aliphatic carbocycles. The van der Waals surface area contributed by atoms with Crippen molar-refractivity contribution >= 4 is 29.3 Å². The average Bonchev–Trinajstić information content (AvgIpc) is 3.22. The molecule has 3 rings (SSSR count). The lowest BCUT2D eigenvalue weighted by atomic mass is 10.0. The first-order valence-electron chi connectivity index (χ1n) is 12.1. The fourth-order valence-electron chi connectivity index (χ4n) is 4.18. The van der Waals surface area contributed by atoms with Gasteiger partial charge in [-0.15, -0.1) is 16.8 Å². The number of allylic oxidation sites excluding steroid dienone is 1. The van der Waals surface area contributed by atoms with E-state index in [0.29, 0.717) is 35.4 Å². The molecule has 36 heavy (non-hydrogen) atoms. The summed E-state index contributed by atoms with van der Waals surface area (Å²) in [6.07, 6.45) is 2.46. The smallest absolute Gasteiger partial charge is 0.251 e. The second-order valence-electron chi connectivity index (χ2n) is 9.37. The van der Waals surface area contributed by atoms with E-state index in [4.69, 9.17) is 0 Å². The number of anilines is 1. The van der Waals surface area contributed by atoms with E-state index < -0.39 is 0 Å². The van der Waals surface area contributed by atoms with Gasteiger partial charge in [-0.2, -0.15) is 0 Å². The van der Waals surface area contributed by atoms with Gasteiger partial charge in [0.2, 0.25) is 5.91 Å². The third-order valence-corrected chi connectivity index (χ3v) is 6.66. The summed E-state index contributed by atoms with van der Waals surface area (Å²) >= 11 is 1.32. The number of carbonyl (C=O) groups is 2. The maximum atomic E-state index is 12.9. The third-order valence-electron chi connectivity index (χ3n) is 5.69. The molecule has 1 aromatic heterocycles. The molecule has 2 N–H and O–H groups in total. The van der Waals surface area contributed by atoms with Crippen molar-refractivity contribution in [1.29, 1.82) is 0 Å². The Hall–Kier alpha value is -3.39. The van der Waals surface area contributed by atoms with E-state index >= 15 is 0 Å². The van der Waals surface area contributed by atoms with Crippen molar-refractivity contribution in [1.82, 2.24) is 20.1 Å².